The molecule has 2 fully saturated rings. The normalized spacial score (nSPS) is 26.4. The Bertz CT molecular complexity index is 428. The van der Waals surface area contributed by atoms with Gasteiger partial charge in [-0.1, -0.05) is 63.6 Å². The highest BCUT2D eigenvalue weighted by atomic mass is 15.3. The van der Waals surface area contributed by atoms with E-state index in [1.165, 1.54) is 83.4 Å². The van der Waals surface area contributed by atoms with Crippen LogP contribution in [0.25, 0.3) is 0 Å². The monoisotopic (exact) mass is 314 g/mol. The zero-order valence-corrected chi connectivity index (χ0v) is 14.9. The van der Waals surface area contributed by atoms with E-state index in [9.17, 15) is 0 Å². The van der Waals surface area contributed by atoms with Gasteiger partial charge in [-0.25, -0.2) is 0 Å². The van der Waals surface area contributed by atoms with Crippen LogP contribution in [0.3, 0.4) is 0 Å². The summed E-state index contributed by atoms with van der Waals surface area (Å²) in [4.78, 5) is 5.23. The van der Waals surface area contributed by atoms with Crippen LogP contribution < -0.4 is 4.90 Å². The van der Waals surface area contributed by atoms with E-state index in [0.717, 1.165) is 11.8 Å². The van der Waals surface area contributed by atoms with Crippen molar-refractivity contribution >= 4 is 5.69 Å². The first-order valence-corrected chi connectivity index (χ1v) is 9.87. The van der Waals surface area contributed by atoms with E-state index in [1.54, 1.807) is 0 Å². The molecule has 1 saturated carbocycles. The Balaban J connectivity index is 1.34. The number of hydrogen-bond acceptors (Lipinski definition) is 2. The molecule has 1 heterocycles. The quantitative estimate of drug-likeness (QED) is 0.744. The van der Waals surface area contributed by atoms with Crippen molar-refractivity contribution in [2.75, 3.05) is 37.6 Å². The lowest BCUT2D eigenvalue weighted by atomic mass is 9.79. The van der Waals surface area contributed by atoms with Crippen molar-refractivity contribution < 1.29 is 0 Å². The van der Waals surface area contributed by atoms with Gasteiger partial charge in [0.25, 0.3) is 0 Å². The van der Waals surface area contributed by atoms with Gasteiger partial charge in [-0.3, -0.25) is 4.90 Å². The highest BCUT2D eigenvalue weighted by Crippen LogP contribution is 2.33. The number of anilines is 1. The van der Waals surface area contributed by atoms with Crippen molar-refractivity contribution in [3.05, 3.63) is 30.3 Å². The Labute approximate surface area is 142 Å². The highest BCUT2D eigenvalue weighted by molar-refractivity contribution is 5.46. The van der Waals surface area contributed by atoms with Crippen LogP contribution in [0.2, 0.25) is 0 Å². The highest BCUT2D eigenvalue weighted by Gasteiger charge is 2.22. The fourth-order valence-corrected chi connectivity index (χ4v) is 4.45. The molecule has 1 aliphatic carbocycles. The van der Waals surface area contributed by atoms with Crippen molar-refractivity contribution in [3.8, 4) is 0 Å². The summed E-state index contributed by atoms with van der Waals surface area (Å²) in [6, 6.07) is 10.9. The lowest BCUT2D eigenvalue weighted by Crippen LogP contribution is -2.46. The van der Waals surface area contributed by atoms with Crippen LogP contribution in [-0.4, -0.2) is 37.6 Å². The smallest absolute Gasteiger partial charge is 0.0367 e. The fourth-order valence-electron chi connectivity index (χ4n) is 4.45. The molecule has 0 N–H and O–H groups in total. The predicted octanol–water partition coefficient (Wildman–Crippen LogP) is 4.81. The molecule has 2 heteroatoms. The average Bonchev–Trinajstić information content (AvgIpc) is 2.63. The molecule has 0 radical (unpaired) electrons. The van der Waals surface area contributed by atoms with Crippen LogP contribution in [0.4, 0.5) is 5.69 Å². The SMILES string of the molecule is CCCC1CCC(CCN2CCN(c3ccccc3)CC2)CC1. The maximum Gasteiger partial charge on any atom is 0.0367 e. The van der Waals surface area contributed by atoms with Gasteiger partial charge in [-0.15, -0.1) is 0 Å². The van der Waals surface area contributed by atoms with Crippen LogP contribution in [0.1, 0.15) is 51.9 Å². The van der Waals surface area contributed by atoms with Crippen molar-refractivity contribution in [2.24, 2.45) is 11.8 Å². The fraction of sp³-hybridized carbons (Fsp3) is 0.714. The van der Waals surface area contributed by atoms with Gasteiger partial charge < -0.3 is 4.90 Å². The lowest BCUT2D eigenvalue weighted by molar-refractivity contribution is 0.200. The van der Waals surface area contributed by atoms with Crippen LogP contribution in [-0.2, 0) is 0 Å². The summed E-state index contributed by atoms with van der Waals surface area (Å²) < 4.78 is 0. The number of nitrogens with zero attached hydrogens (tertiary/aromatic N) is 2. The second-order valence-electron chi connectivity index (χ2n) is 7.63. The van der Waals surface area contributed by atoms with Gasteiger partial charge in [0.15, 0.2) is 0 Å². The van der Waals surface area contributed by atoms with Crippen LogP contribution in [0, 0.1) is 11.8 Å². The molecule has 1 aliphatic heterocycles. The molecule has 0 spiro atoms. The molecule has 1 aromatic rings. The van der Waals surface area contributed by atoms with E-state index in [-0.39, 0.29) is 0 Å². The summed E-state index contributed by atoms with van der Waals surface area (Å²) in [5.74, 6) is 2.06. The van der Waals surface area contributed by atoms with E-state index in [2.05, 4.69) is 47.1 Å². The Morgan fingerprint density at radius 3 is 2.04 bits per heavy atom. The third kappa shape index (κ3) is 4.97. The second-order valence-corrected chi connectivity index (χ2v) is 7.63. The molecule has 0 bridgehead atoms. The Morgan fingerprint density at radius 1 is 0.826 bits per heavy atom. The first-order valence-electron chi connectivity index (χ1n) is 9.87. The lowest BCUT2D eigenvalue weighted by Gasteiger charge is -2.37. The molecule has 1 aromatic carbocycles. The number of piperazine rings is 1. The number of benzene rings is 1. The van der Waals surface area contributed by atoms with E-state index in [4.69, 9.17) is 0 Å². The maximum absolute atomic E-state index is 2.69. The number of hydrogen-bond donors (Lipinski definition) is 0. The van der Waals surface area contributed by atoms with Gasteiger partial charge in [0.2, 0.25) is 0 Å². The molecule has 128 valence electrons. The molecule has 0 unspecified atom stereocenters. The second kappa shape index (κ2) is 8.73. The molecular weight excluding hydrogens is 280 g/mol. The van der Waals surface area contributed by atoms with Crippen LogP contribution in [0.5, 0.6) is 0 Å². The molecule has 2 nitrogen and oxygen atoms in total. The van der Waals surface area contributed by atoms with Crippen molar-refractivity contribution in [1.29, 1.82) is 0 Å². The molecule has 1 saturated heterocycles. The average molecular weight is 315 g/mol. The molecule has 23 heavy (non-hydrogen) atoms. The maximum atomic E-state index is 2.69. The summed E-state index contributed by atoms with van der Waals surface area (Å²) in [6.45, 7) is 8.51. The van der Waals surface area contributed by atoms with Gasteiger partial charge in [0.05, 0.1) is 0 Å². The van der Waals surface area contributed by atoms with Crippen molar-refractivity contribution in [3.63, 3.8) is 0 Å². The Kier molecular flexibility index (Phi) is 6.38. The van der Waals surface area contributed by atoms with Gasteiger partial charge in [-0.2, -0.15) is 0 Å². The third-order valence-corrected chi connectivity index (χ3v) is 6.01. The predicted molar refractivity (Wildman–Crippen MR) is 100 cm³/mol. The van der Waals surface area contributed by atoms with Gasteiger partial charge in [-0.05, 0) is 36.9 Å². The van der Waals surface area contributed by atoms with E-state index >= 15 is 0 Å². The van der Waals surface area contributed by atoms with Crippen LogP contribution in [0.15, 0.2) is 30.3 Å². The van der Waals surface area contributed by atoms with Crippen molar-refractivity contribution in [1.82, 2.24) is 4.90 Å². The summed E-state index contributed by atoms with van der Waals surface area (Å²) >= 11 is 0. The van der Waals surface area contributed by atoms with Crippen molar-refractivity contribution in [2.45, 2.75) is 51.9 Å². The van der Waals surface area contributed by atoms with Gasteiger partial charge in [0.1, 0.15) is 0 Å². The standard InChI is InChI=1S/C21H34N2/c1-2-6-19-9-11-20(12-10-19)13-14-22-15-17-23(18-16-22)21-7-4-3-5-8-21/h3-5,7-8,19-20H,2,6,9-18H2,1H3. The minimum Gasteiger partial charge on any atom is -0.369 e. The Hall–Kier alpha value is -1.02. The Morgan fingerprint density at radius 2 is 1.43 bits per heavy atom. The number of rotatable bonds is 6. The molecule has 0 aromatic heterocycles. The zero-order chi connectivity index (χ0) is 15.9. The minimum absolute atomic E-state index is 1.01. The molecule has 3 rings (SSSR count). The molecule has 2 aliphatic rings. The summed E-state index contributed by atoms with van der Waals surface area (Å²) in [6.07, 6.45) is 10.3. The largest absolute Gasteiger partial charge is 0.369 e. The first-order chi connectivity index (χ1) is 11.3. The van der Waals surface area contributed by atoms with E-state index < -0.39 is 0 Å². The van der Waals surface area contributed by atoms with E-state index in [0.29, 0.717) is 0 Å². The molecular formula is C21H34N2. The van der Waals surface area contributed by atoms with Gasteiger partial charge in [0, 0.05) is 31.9 Å². The third-order valence-electron chi connectivity index (χ3n) is 6.01. The van der Waals surface area contributed by atoms with Gasteiger partial charge >= 0.3 is 0 Å². The first kappa shape index (κ1) is 16.8. The molecule has 0 atom stereocenters. The summed E-state index contributed by atoms with van der Waals surface area (Å²) in [5.41, 5.74) is 1.39. The minimum atomic E-state index is 1.01. The topological polar surface area (TPSA) is 6.48 Å². The summed E-state index contributed by atoms with van der Waals surface area (Å²) in [7, 11) is 0. The zero-order valence-electron chi connectivity index (χ0n) is 14.9. The number of para-hydroxylation sites is 1. The van der Waals surface area contributed by atoms with E-state index in [1.807, 2.05) is 0 Å². The van der Waals surface area contributed by atoms with Crippen LogP contribution >= 0.6 is 0 Å². The molecule has 0 amide bonds. The summed E-state index contributed by atoms with van der Waals surface area (Å²) in [5, 5.41) is 0.